The van der Waals surface area contributed by atoms with Gasteiger partial charge in [-0.25, -0.2) is 0 Å². The van der Waals surface area contributed by atoms with Crippen LogP contribution in [0.3, 0.4) is 0 Å². The highest BCUT2D eigenvalue weighted by Gasteiger charge is 2.26. The molecule has 0 bridgehead atoms. The number of ether oxygens (including phenoxy) is 1. The molecule has 5 nitrogen and oxygen atoms in total. The largest absolute Gasteiger partial charge is 0.483 e. The van der Waals surface area contributed by atoms with E-state index in [0.717, 1.165) is 21.3 Å². The third-order valence-electron chi connectivity index (χ3n) is 4.93. The molecule has 0 aromatic heterocycles. The van der Waals surface area contributed by atoms with Crippen molar-refractivity contribution in [2.75, 3.05) is 32.8 Å². The maximum absolute atomic E-state index is 12.6. The average molecular weight is 431 g/mol. The number of piperazine rings is 1. The van der Waals surface area contributed by atoms with Gasteiger partial charge >= 0.3 is 0 Å². The Morgan fingerprint density at radius 3 is 2.33 bits per heavy atom. The lowest BCUT2D eigenvalue weighted by Gasteiger charge is -2.35. The van der Waals surface area contributed by atoms with Gasteiger partial charge in [0.25, 0.3) is 11.8 Å². The highest BCUT2D eigenvalue weighted by molar-refractivity contribution is 9.10. The first-order chi connectivity index (χ1) is 13.0. The van der Waals surface area contributed by atoms with Crippen molar-refractivity contribution in [1.82, 2.24) is 9.80 Å². The minimum absolute atomic E-state index is 0.0128. The molecular weight excluding hydrogens is 408 g/mol. The summed E-state index contributed by atoms with van der Waals surface area (Å²) in [6.45, 7) is 6.11. The molecule has 2 aromatic carbocycles. The van der Waals surface area contributed by atoms with Crippen LogP contribution in [0, 0.1) is 13.8 Å². The Balaban J connectivity index is 1.53. The van der Waals surface area contributed by atoms with Crippen LogP contribution in [-0.2, 0) is 4.79 Å². The number of rotatable bonds is 4. The number of hydrogen-bond acceptors (Lipinski definition) is 3. The van der Waals surface area contributed by atoms with Crippen molar-refractivity contribution < 1.29 is 14.3 Å². The molecular formula is C21H23BrN2O3. The minimum atomic E-state index is -0.0519. The van der Waals surface area contributed by atoms with Crippen molar-refractivity contribution in [3.63, 3.8) is 0 Å². The average Bonchev–Trinajstić information content (AvgIpc) is 2.69. The fourth-order valence-electron chi connectivity index (χ4n) is 3.08. The molecule has 1 fully saturated rings. The second-order valence-electron chi connectivity index (χ2n) is 6.64. The molecule has 0 spiro atoms. The first kappa shape index (κ1) is 19.4. The SMILES string of the molecule is Cc1cccc(OCC(=O)N2CCN(C(=O)c3ccccc3Br)CC2)c1C. The van der Waals surface area contributed by atoms with Crippen LogP contribution in [0.4, 0.5) is 0 Å². The number of carbonyl (C=O) groups excluding carboxylic acids is 2. The van der Waals surface area contributed by atoms with Gasteiger partial charge in [-0.15, -0.1) is 0 Å². The van der Waals surface area contributed by atoms with Crippen molar-refractivity contribution in [1.29, 1.82) is 0 Å². The molecule has 27 heavy (non-hydrogen) atoms. The Labute approximate surface area is 168 Å². The van der Waals surface area contributed by atoms with E-state index >= 15 is 0 Å². The molecule has 1 saturated heterocycles. The van der Waals surface area contributed by atoms with Crippen LogP contribution in [0.5, 0.6) is 5.75 Å². The Hall–Kier alpha value is -2.34. The highest BCUT2D eigenvalue weighted by Crippen LogP contribution is 2.21. The molecule has 2 amide bonds. The Morgan fingerprint density at radius 1 is 0.963 bits per heavy atom. The number of nitrogens with zero attached hydrogens (tertiary/aromatic N) is 2. The van der Waals surface area contributed by atoms with Gasteiger partial charge in [0.1, 0.15) is 5.75 Å². The fourth-order valence-corrected chi connectivity index (χ4v) is 3.53. The normalized spacial score (nSPS) is 14.2. The fraction of sp³-hybridized carbons (Fsp3) is 0.333. The quantitative estimate of drug-likeness (QED) is 0.746. The van der Waals surface area contributed by atoms with E-state index in [9.17, 15) is 9.59 Å². The van der Waals surface area contributed by atoms with Crippen LogP contribution in [0.1, 0.15) is 21.5 Å². The zero-order chi connectivity index (χ0) is 19.4. The molecule has 142 valence electrons. The smallest absolute Gasteiger partial charge is 0.260 e. The second kappa shape index (κ2) is 8.57. The van der Waals surface area contributed by atoms with Gasteiger partial charge in [0, 0.05) is 30.7 Å². The van der Waals surface area contributed by atoms with E-state index < -0.39 is 0 Å². The van der Waals surface area contributed by atoms with Crippen LogP contribution in [0.2, 0.25) is 0 Å². The lowest BCUT2D eigenvalue weighted by atomic mass is 10.1. The molecule has 1 heterocycles. The van der Waals surface area contributed by atoms with E-state index in [1.165, 1.54) is 0 Å². The van der Waals surface area contributed by atoms with Crippen LogP contribution >= 0.6 is 15.9 Å². The summed E-state index contributed by atoms with van der Waals surface area (Å²) < 4.78 is 6.50. The molecule has 0 radical (unpaired) electrons. The van der Waals surface area contributed by atoms with Crippen molar-refractivity contribution in [2.24, 2.45) is 0 Å². The summed E-state index contributed by atoms with van der Waals surface area (Å²) in [5.74, 6) is 0.677. The summed E-state index contributed by atoms with van der Waals surface area (Å²) in [6.07, 6.45) is 0. The predicted molar refractivity (Wildman–Crippen MR) is 108 cm³/mol. The van der Waals surface area contributed by atoms with Gasteiger partial charge in [-0.3, -0.25) is 9.59 Å². The van der Waals surface area contributed by atoms with Crippen LogP contribution in [0.25, 0.3) is 0 Å². The lowest BCUT2D eigenvalue weighted by Crippen LogP contribution is -2.51. The topological polar surface area (TPSA) is 49.9 Å². The monoisotopic (exact) mass is 430 g/mol. The Bertz CT molecular complexity index is 845. The van der Waals surface area contributed by atoms with Crippen molar-refractivity contribution in [3.05, 3.63) is 63.6 Å². The third kappa shape index (κ3) is 4.50. The van der Waals surface area contributed by atoms with E-state index in [0.29, 0.717) is 31.7 Å². The van der Waals surface area contributed by atoms with E-state index in [2.05, 4.69) is 15.9 Å². The minimum Gasteiger partial charge on any atom is -0.483 e. The van der Waals surface area contributed by atoms with E-state index in [4.69, 9.17) is 4.74 Å². The molecule has 1 aliphatic heterocycles. The van der Waals surface area contributed by atoms with Gasteiger partial charge in [-0.05, 0) is 59.1 Å². The highest BCUT2D eigenvalue weighted by atomic mass is 79.9. The van der Waals surface area contributed by atoms with Crippen molar-refractivity contribution in [2.45, 2.75) is 13.8 Å². The molecule has 0 atom stereocenters. The maximum Gasteiger partial charge on any atom is 0.260 e. The van der Waals surface area contributed by atoms with Crippen LogP contribution in [0.15, 0.2) is 46.9 Å². The molecule has 0 N–H and O–H groups in total. The molecule has 0 saturated carbocycles. The van der Waals surface area contributed by atoms with E-state index in [1.807, 2.05) is 56.3 Å². The molecule has 6 heteroatoms. The van der Waals surface area contributed by atoms with Gasteiger partial charge in [0.15, 0.2) is 6.61 Å². The lowest BCUT2D eigenvalue weighted by molar-refractivity contribution is -0.134. The van der Waals surface area contributed by atoms with Crippen LogP contribution < -0.4 is 4.74 Å². The zero-order valence-corrected chi connectivity index (χ0v) is 17.2. The number of halogens is 1. The summed E-state index contributed by atoms with van der Waals surface area (Å²) in [5.41, 5.74) is 2.84. The number of aryl methyl sites for hydroxylation is 1. The molecule has 0 unspecified atom stereocenters. The van der Waals surface area contributed by atoms with Gasteiger partial charge in [0.2, 0.25) is 0 Å². The van der Waals surface area contributed by atoms with Gasteiger partial charge < -0.3 is 14.5 Å². The Kier molecular flexibility index (Phi) is 6.16. The predicted octanol–water partition coefficient (Wildman–Crippen LogP) is 3.43. The number of benzene rings is 2. The molecule has 3 rings (SSSR count). The summed E-state index contributed by atoms with van der Waals surface area (Å²) in [6, 6.07) is 13.2. The summed E-state index contributed by atoms with van der Waals surface area (Å²) in [4.78, 5) is 28.6. The second-order valence-corrected chi connectivity index (χ2v) is 7.49. The number of amides is 2. The first-order valence-corrected chi connectivity index (χ1v) is 9.77. The van der Waals surface area contributed by atoms with Gasteiger partial charge in [0.05, 0.1) is 5.56 Å². The molecule has 0 aliphatic carbocycles. The summed E-state index contributed by atoms with van der Waals surface area (Å²) in [7, 11) is 0. The van der Waals surface area contributed by atoms with E-state index in [-0.39, 0.29) is 18.4 Å². The standard InChI is InChI=1S/C21H23BrN2O3/c1-15-6-5-9-19(16(15)2)27-14-20(25)23-10-12-24(13-11-23)21(26)17-7-3-4-8-18(17)22/h3-9H,10-14H2,1-2H3. The summed E-state index contributed by atoms with van der Waals surface area (Å²) >= 11 is 3.42. The van der Waals surface area contributed by atoms with E-state index in [1.54, 1.807) is 9.80 Å². The van der Waals surface area contributed by atoms with Gasteiger partial charge in [-0.2, -0.15) is 0 Å². The third-order valence-corrected chi connectivity index (χ3v) is 5.62. The van der Waals surface area contributed by atoms with Crippen molar-refractivity contribution >= 4 is 27.7 Å². The van der Waals surface area contributed by atoms with Crippen molar-refractivity contribution in [3.8, 4) is 5.75 Å². The Morgan fingerprint density at radius 2 is 1.63 bits per heavy atom. The zero-order valence-electron chi connectivity index (χ0n) is 15.6. The van der Waals surface area contributed by atoms with Crippen LogP contribution in [-0.4, -0.2) is 54.4 Å². The maximum atomic E-state index is 12.6. The van der Waals surface area contributed by atoms with Gasteiger partial charge in [-0.1, -0.05) is 24.3 Å². The molecule has 1 aliphatic rings. The molecule has 2 aromatic rings. The number of hydrogen-bond donors (Lipinski definition) is 0. The summed E-state index contributed by atoms with van der Waals surface area (Å²) in [5, 5.41) is 0. The number of carbonyl (C=O) groups is 2. The first-order valence-electron chi connectivity index (χ1n) is 8.98.